The zero-order valence-corrected chi connectivity index (χ0v) is 24.5. The number of aryl methyl sites for hydroxylation is 1. The molecule has 1 aromatic heterocycles. The first-order valence-electron chi connectivity index (χ1n) is 15.3. The summed E-state index contributed by atoms with van der Waals surface area (Å²) in [6, 6.07) is 57.8. The number of hydrogen-bond acceptors (Lipinski definition) is 0. The van der Waals surface area contributed by atoms with Crippen molar-refractivity contribution in [2.75, 3.05) is 0 Å². The number of para-hydroxylation sites is 2. The van der Waals surface area contributed by atoms with E-state index >= 15 is 0 Å². The lowest BCUT2D eigenvalue weighted by Crippen LogP contribution is -1.96. The van der Waals surface area contributed by atoms with Crippen LogP contribution in [-0.2, 0) is 0 Å². The van der Waals surface area contributed by atoms with E-state index in [0.717, 1.165) is 0 Å². The summed E-state index contributed by atoms with van der Waals surface area (Å²) >= 11 is 0. The van der Waals surface area contributed by atoms with E-state index in [2.05, 4.69) is 169 Å². The second kappa shape index (κ2) is 9.69. The predicted molar refractivity (Wildman–Crippen MR) is 189 cm³/mol. The molecule has 8 aromatic carbocycles. The lowest BCUT2D eigenvalue weighted by Gasteiger charge is -2.20. The molecule has 0 saturated carbocycles. The van der Waals surface area contributed by atoms with Gasteiger partial charge in [0.05, 0.1) is 11.0 Å². The molecule has 9 aromatic rings. The Bertz CT molecular complexity index is 2450. The molecule has 1 nitrogen and oxygen atoms in total. The zero-order chi connectivity index (χ0) is 29.2. The molecule has 0 radical (unpaired) electrons. The number of aromatic nitrogens is 1. The third kappa shape index (κ3) is 3.60. The molecule has 0 atom stereocenters. The molecule has 9 rings (SSSR count). The van der Waals surface area contributed by atoms with Crippen molar-refractivity contribution in [1.82, 2.24) is 4.57 Å². The zero-order valence-electron chi connectivity index (χ0n) is 24.5. The van der Waals surface area contributed by atoms with Crippen molar-refractivity contribution in [3.63, 3.8) is 0 Å². The maximum atomic E-state index is 2.41. The van der Waals surface area contributed by atoms with Crippen LogP contribution in [0, 0.1) is 6.92 Å². The molecule has 0 N–H and O–H groups in total. The quantitative estimate of drug-likeness (QED) is 0.190. The van der Waals surface area contributed by atoms with Gasteiger partial charge in [-0.15, -0.1) is 0 Å². The Kier molecular flexibility index (Phi) is 5.48. The summed E-state index contributed by atoms with van der Waals surface area (Å²) in [5.74, 6) is 0. The number of fused-ring (bicyclic) bond motifs is 6. The molecule has 0 bridgehead atoms. The van der Waals surface area contributed by atoms with Crippen molar-refractivity contribution < 1.29 is 0 Å². The summed E-state index contributed by atoms with van der Waals surface area (Å²) in [7, 11) is 0. The van der Waals surface area contributed by atoms with E-state index in [4.69, 9.17) is 0 Å². The average molecular weight is 560 g/mol. The van der Waals surface area contributed by atoms with E-state index in [1.165, 1.54) is 87.6 Å². The first-order valence-corrected chi connectivity index (χ1v) is 15.3. The van der Waals surface area contributed by atoms with Gasteiger partial charge in [-0.1, -0.05) is 133 Å². The number of hydrogen-bond donors (Lipinski definition) is 0. The molecule has 0 saturated heterocycles. The third-order valence-corrected chi connectivity index (χ3v) is 9.29. The van der Waals surface area contributed by atoms with E-state index in [9.17, 15) is 0 Å². The van der Waals surface area contributed by atoms with Crippen LogP contribution in [0.15, 0.2) is 158 Å². The summed E-state index contributed by atoms with van der Waals surface area (Å²) in [5, 5.41) is 10.2. The molecule has 0 spiro atoms. The first-order chi connectivity index (χ1) is 21.8. The SMILES string of the molecule is Cc1ccc2ccccc2c1-c1c2ccccc2c(-c2cccc(-n3c4ccccc4c4ccccc43)c2)c2ccccc12. The summed E-state index contributed by atoms with van der Waals surface area (Å²) in [6.07, 6.45) is 0. The Morgan fingerprint density at radius 3 is 1.48 bits per heavy atom. The summed E-state index contributed by atoms with van der Waals surface area (Å²) in [4.78, 5) is 0. The van der Waals surface area contributed by atoms with Crippen LogP contribution >= 0.6 is 0 Å². The van der Waals surface area contributed by atoms with Crippen LogP contribution in [-0.4, -0.2) is 4.57 Å². The highest BCUT2D eigenvalue weighted by Crippen LogP contribution is 2.46. The van der Waals surface area contributed by atoms with Gasteiger partial charge in [-0.3, -0.25) is 0 Å². The number of benzene rings is 8. The van der Waals surface area contributed by atoms with Crippen molar-refractivity contribution in [2.45, 2.75) is 6.92 Å². The molecule has 0 unspecified atom stereocenters. The molecule has 206 valence electrons. The standard InChI is InChI=1S/C43H29N/c1-28-25-26-29-13-2-3-16-32(29)41(28)43-37-21-6-4-19-35(37)42(36-20-5-7-22-38(36)43)30-14-12-15-31(27-30)44-39-23-10-8-17-33(39)34-18-9-11-24-40(34)44/h2-27H,1H3. The fourth-order valence-electron chi connectivity index (χ4n) is 7.42. The third-order valence-electron chi connectivity index (χ3n) is 9.29. The summed E-state index contributed by atoms with van der Waals surface area (Å²) in [6.45, 7) is 2.24. The Morgan fingerprint density at radius 1 is 0.364 bits per heavy atom. The minimum absolute atomic E-state index is 1.17. The largest absolute Gasteiger partial charge is 0.309 e. The van der Waals surface area contributed by atoms with Crippen LogP contribution in [0.2, 0.25) is 0 Å². The van der Waals surface area contributed by atoms with Gasteiger partial charge >= 0.3 is 0 Å². The van der Waals surface area contributed by atoms with Crippen LogP contribution in [0.3, 0.4) is 0 Å². The molecule has 0 aliphatic rings. The highest BCUT2D eigenvalue weighted by atomic mass is 15.0. The van der Waals surface area contributed by atoms with Gasteiger partial charge in [0.15, 0.2) is 0 Å². The monoisotopic (exact) mass is 559 g/mol. The number of nitrogens with zero attached hydrogens (tertiary/aromatic N) is 1. The van der Waals surface area contributed by atoms with Gasteiger partial charge in [0, 0.05) is 16.5 Å². The topological polar surface area (TPSA) is 4.93 Å². The second-order valence-electron chi connectivity index (χ2n) is 11.7. The molecule has 1 heteroatoms. The maximum absolute atomic E-state index is 2.41. The molecule has 0 aliphatic carbocycles. The highest BCUT2D eigenvalue weighted by molar-refractivity contribution is 6.24. The molecule has 0 fully saturated rings. The van der Waals surface area contributed by atoms with Gasteiger partial charge in [-0.25, -0.2) is 0 Å². The molecular formula is C43H29N. The van der Waals surface area contributed by atoms with Crippen LogP contribution in [0.1, 0.15) is 5.56 Å². The summed E-state index contributed by atoms with van der Waals surface area (Å²) in [5.41, 5.74) is 10.0. The second-order valence-corrected chi connectivity index (χ2v) is 11.7. The van der Waals surface area contributed by atoms with E-state index in [-0.39, 0.29) is 0 Å². The molecule has 0 aliphatic heterocycles. The lowest BCUT2D eigenvalue weighted by molar-refractivity contribution is 1.18. The van der Waals surface area contributed by atoms with E-state index in [0.29, 0.717) is 0 Å². The van der Waals surface area contributed by atoms with Crippen LogP contribution in [0.5, 0.6) is 0 Å². The summed E-state index contributed by atoms with van der Waals surface area (Å²) < 4.78 is 2.41. The Hall–Kier alpha value is -5.66. The van der Waals surface area contributed by atoms with Crippen molar-refractivity contribution >= 4 is 54.1 Å². The fraction of sp³-hybridized carbons (Fsp3) is 0.0233. The average Bonchev–Trinajstić information content (AvgIpc) is 3.42. The lowest BCUT2D eigenvalue weighted by atomic mass is 9.83. The van der Waals surface area contributed by atoms with E-state index in [1.807, 2.05) is 0 Å². The van der Waals surface area contributed by atoms with Crippen LogP contribution < -0.4 is 0 Å². The Morgan fingerprint density at radius 2 is 0.864 bits per heavy atom. The van der Waals surface area contributed by atoms with Crippen LogP contribution in [0.25, 0.3) is 82.1 Å². The van der Waals surface area contributed by atoms with Gasteiger partial charge in [0.2, 0.25) is 0 Å². The molecular weight excluding hydrogens is 530 g/mol. The molecule has 0 amide bonds. The fourth-order valence-corrected chi connectivity index (χ4v) is 7.42. The maximum Gasteiger partial charge on any atom is 0.0541 e. The first kappa shape index (κ1) is 24.9. The molecule has 1 heterocycles. The number of rotatable bonds is 3. The van der Waals surface area contributed by atoms with E-state index < -0.39 is 0 Å². The minimum atomic E-state index is 1.17. The molecule has 44 heavy (non-hydrogen) atoms. The van der Waals surface area contributed by atoms with Gasteiger partial charge in [-0.05, 0) is 91.3 Å². The Balaban J connectivity index is 1.38. The van der Waals surface area contributed by atoms with Gasteiger partial charge in [0.25, 0.3) is 0 Å². The van der Waals surface area contributed by atoms with Gasteiger partial charge in [-0.2, -0.15) is 0 Å². The van der Waals surface area contributed by atoms with Gasteiger partial charge in [0.1, 0.15) is 0 Å². The Labute approximate surface area is 256 Å². The van der Waals surface area contributed by atoms with Crippen LogP contribution in [0.4, 0.5) is 0 Å². The van der Waals surface area contributed by atoms with Crippen molar-refractivity contribution in [2.24, 2.45) is 0 Å². The normalized spacial score (nSPS) is 11.8. The van der Waals surface area contributed by atoms with E-state index in [1.54, 1.807) is 0 Å². The van der Waals surface area contributed by atoms with Gasteiger partial charge < -0.3 is 4.57 Å². The van der Waals surface area contributed by atoms with Crippen molar-refractivity contribution in [3.8, 4) is 27.9 Å². The smallest absolute Gasteiger partial charge is 0.0541 e. The van der Waals surface area contributed by atoms with Crippen molar-refractivity contribution in [1.29, 1.82) is 0 Å². The minimum Gasteiger partial charge on any atom is -0.309 e. The predicted octanol–water partition coefficient (Wildman–Crippen LogP) is 11.9. The van der Waals surface area contributed by atoms with Crippen molar-refractivity contribution in [3.05, 3.63) is 163 Å². The highest BCUT2D eigenvalue weighted by Gasteiger charge is 2.20.